The van der Waals surface area contributed by atoms with Gasteiger partial charge in [0.25, 0.3) is 5.56 Å². The fourth-order valence-corrected chi connectivity index (χ4v) is 1.98. The van der Waals surface area contributed by atoms with Crippen molar-refractivity contribution in [3.8, 4) is 0 Å². The van der Waals surface area contributed by atoms with Gasteiger partial charge < -0.3 is 19.7 Å². The van der Waals surface area contributed by atoms with E-state index in [2.05, 4.69) is 4.98 Å². The number of methoxy groups -OCH3 is 1. The highest BCUT2D eigenvalue weighted by Crippen LogP contribution is 2.29. The molecular weight excluding hydrogens is 244 g/mol. The molecule has 4 atom stereocenters. The standard InChI is InChI=1S/C10H14N2O6/c1-17-8-7(15)5(4-13)18-9(8)12-3-2-6(14)11-10(12)16/h2-3,5,7-9,13,15H,4H2,1H3,(H,11,14,16)/t5-,7-,8+,9-/m0/s1. The van der Waals surface area contributed by atoms with Gasteiger partial charge in [-0.25, -0.2) is 4.79 Å². The fourth-order valence-electron chi connectivity index (χ4n) is 1.98. The fraction of sp³-hybridized carbons (Fsp3) is 0.600. The van der Waals surface area contributed by atoms with Crippen LogP contribution in [0.1, 0.15) is 6.23 Å². The first-order valence-corrected chi connectivity index (χ1v) is 5.37. The van der Waals surface area contributed by atoms with Crippen LogP contribution in [0.3, 0.4) is 0 Å². The Morgan fingerprint density at radius 2 is 2.28 bits per heavy atom. The predicted molar refractivity (Wildman–Crippen MR) is 59.1 cm³/mol. The lowest BCUT2D eigenvalue weighted by Crippen LogP contribution is -2.38. The molecule has 0 spiro atoms. The number of nitrogens with one attached hydrogen (secondary N) is 1. The molecule has 1 saturated heterocycles. The van der Waals surface area contributed by atoms with Crippen molar-refractivity contribution in [2.24, 2.45) is 0 Å². The Labute approximate surface area is 101 Å². The molecule has 2 heterocycles. The molecule has 0 unspecified atom stereocenters. The molecule has 8 heteroatoms. The lowest BCUT2D eigenvalue weighted by Gasteiger charge is -2.19. The summed E-state index contributed by atoms with van der Waals surface area (Å²) in [6.45, 7) is -0.393. The Morgan fingerprint density at radius 1 is 1.56 bits per heavy atom. The number of aromatic nitrogens is 2. The van der Waals surface area contributed by atoms with Gasteiger partial charge in [-0.05, 0) is 0 Å². The summed E-state index contributed by atoms with van der Waals surface area (Å²) in [6, 6.07) is 1.16. The average molecular weight is 258 g/mol. The Morgan fingerprint density at radius 3 is 2.83 bits per heavy atom. The van der Waals surface area contributed by atoms with Crippen LogP contribution in [-0.2, 0) is 9.47 Å². The van der Waals surface area contributed by atoms with Gasteiger partial charge in [-0.2, -0.15) is 0 Å². The first-order valence-electron chi connectivity index (χ1n) is 5.37. The second-order valence-electron chi connectivity index (χ2n) is 3.96. The molecule has 1 aliphatic rings. The monoisotopic (exact) mass is 258 g/mol. The predicted octanol–water partition coefficient (Wildman–Crippen LogP) is -2.20. The summed E-state index contributed by atoms with van der Waals surface area (Å²) < 4.78 is 11.5. The first-order chi connectivity index (χ1) is 8.58. The largest absolute Gasteiger partial charge is 0.394 e. The van der Waals surface area contributed by atoms with Crippen molar-refractivity contribution in [3.63, 3.8) is 0 Å². The zero-order valence-corrected chi connectivity index (χ0v) is 9.65. The molecule has 100 valence electrons. The van der Waals surface area contributed by atoms with E-state index < -0.39 is 42.4 Å². The van der Waals surface area contributed by atoms with Crippen molar-refractivity contribution < 1.29 is 19.7 Å². The third-order valence-electron chi connectivity index (χ3n) is 2.89. The van der Waals surface area contributed by atoms with Crippen LogP contribution in [0.25, 0.3) is 0 Å². The van der Waals surface area contributed by atoms with E-state index in [1.165, 1.54) is 13.3 Å². The van der Waals surface area contributed by atoms with Crippen molar-refractivity contribution in [2.75, 3.05) is 13.7 Å². The highest BCUT2D eigenvalue weighted by atomic mass is 16.6. The molecular formula is C10H14N2O6. The van der Waals surface area contributed by atoms with Crippen LogP contribution in [0, 0.1) is 0 Å². The number of aliphatic hydroxyl groups excluding tert-OH is 2. The van der Waals surface area contributed by atoms with E-state index in [4.69, 9.17) is 14.6 Å². The van der Waals surface area contributed by atoms with Crippen molar-refractivity contribution in [2.45, 2.75) is 24.5 Å². The van der Waals surface area contributed by atoms with Gasteiger partial charge in [0.2, 0.25) is 0 Å². The van der Waals surface area contributed by atoms with E-state index in [0.717, 1.165) is 10.6 Å². The molecule has 0 bridgehead atoms. The highest BCUT2D eigenvalue weighted by Gasteiger charge is 2.45. The normalized spacial score (nSPS) is 31.7. The molecule has 1 fully saturated rings. The van der Waals surface area contributed by atoms with Crippen LogP contribution in [0.5, 0.6) is 0 Å². The number of H-pyrrole nitrogens is 1. The molecule has 0 amide bonds. The SMILES string of the molecule is CO[C@@H]1[C@@H](O)[C@H](CO)O[C@@H]1n1ccc(=O)[nH]c1=O. The summed E-state index contributed by atoms with van der Waals surface area (Å²) in [4.78, 5) is 24.7. The molecule has 1 aromatic heterocycles. The number of aliphatic hydroxyl groups is 2. The Kier molecular flexibility index (Phi) is 3.62. The van der Waals surface area contributed by atoms with E-state index in [9.17, 15) is 14.7 Å². The molecule has 0 aromatic carbocycles. The first kappa shape index (κ1) is 13.0. The third kappa shape index (κ3) is 2.10. The molecule has 1 aliphatic heterocycles. The van der Waals surface area contributed by atoms with Crippen LogP contribution < -0.4 is 11.2 Å². The summed E-state index contributed by atoms with van der Waals surface area (Å²) in [5.41, 5.74) is -1.19. The Hall–Kier alpha value is -1.48. The van der Waals surface area contributed by atoms with Crippen LogP contribution in [0.15, 0.2) is 21.9 Å². The Bertz CT molecular complexity index is 524. The number of ether oxygens (including phenoxy) is 2. The third-order valence-corrected chi connectivity index (χ3v) is 2.89. The minimum atomic E-state index is -1.05. The van der Waals surface area contributed by atoms with Crippen LogP contribution >= 0.6 is 0 Å². The van der Waals surface area contributed by atoms with E-state index in [1.807, 2.05) is 0 Å². The van der Waals surface area contributed by atoms with Crippen LogP contribution in [0.4, 0.5) is 0 Å². The molecule has 0 saturated carbocycles. The number of nitrogens with zero attached hydrogens (tertiary/aromatic N) is 1. The topological polar surface area (TPSA) is 114 Å². The van der Waals surface area contributed by atoms with E-state index in [0.29, 0.717) is 0 Å². The number of hydrogen-bond donors (Lipinski definition) is 3. The molecule has 0 aliphatic carbocycles. The quantitative estimate of drug-likeness (QED) is 0.567. The van der Waals surface area contributed by atoms with E-state index >= 15 is 0 Å². The lowest BCUT2D eigenvalue weighted by atomic mass is 10.1. The minimum Gasteiger partial charge on any atom is -0.394 e. The molecule has 2 rings (SSSR count). The number of hydrogen-bond acceptors (Lipinski definition) is 6. The summed E-state index contributed by atoms with van der Waals surface area (Å²) in [7, 11) is 1.36. The van der Waals surface area contributed by atoms with E-state index in [1.54, 1.807) is 0 Å². The maximum Gasteiger partial charge on any atom is 0.330 e. The summed E-state index contributed by atoms with van der Waals surface area (Å²) >= 11 is 0. The minimum absolute atomic E-state index is 0.393. The highest BCUT2D eigenvalue weighted by molar-refractivity contribution is 4.93. The summed E-state index contributed by atoms with van der Waals surface area (Å²) in [5, 5.41) is 18.9. The maximum atomic E-state index is 11.6. The van der Waals surface area contributed by atoms with Crippen LogP contribution in [0.2, 0.25) is 0 Å². The number of rotatable bonds is 3. The van der Waals surface area contributed by atoms with Crippen molar-refractivity contribution in [3.05, 3.63) is 33.1 Å². The van der Waals surface area contributed by atoms with Crippen molar-refractivity contribution in [1.29, 1.82) is 0 Å². The van der Waals surface area contributed by atoms with Crippen LogP contribution in [-0.4, -0.2) is 51.8 Å². The van der Waals surface area contributed by atoms with E-state index in [-0.39, 0.29) is 0 Å². The smallest absolute Gasteiger partial charge is 0.330 e. The molecule has 18 heavy (non-hydrogen) atoms. The van der Waals surface area contributed by atoms with Gasteiger partial charge in [-0.15, -0.1) is 0 Å². The number of aromatic amines is 1. The molecule has 3 N–H and O–H groups in total. The lowest BCUT2D eigenvalue weighted by molar-refractivity contribution is -0.0625. The van der Waals surface area contributed by atoms with Gasteiger partial charge in [-0.1, -0.05) is 0 Å². The zero-order valence-electron chi connectivity index (χ0n) is 9.65. The average Bonchev–Trinajstić information content (AvgIpc) is 2.65. The van der Waals surface area contributed by atoms with Gasteiger partial charge in [-0.3, -0.25) is 14.3 Å². The summed E-state index contributed by atoms with van der Waals surface area (Å²) in [5.74, 6) is 0. The van der Waals surface area contributed by atoms with Gasteiger partial charge in [0.05, 0.1) is 6.61 Å². The summed E-state index contributed by atoms with van der Waals surface area (Å²) in [6.07, 6.45) is -2.33. The van der Waals surface area contributed by atoms with Gasteiger partial charge >= 0.3 is 5.69 Å². The molecule has 8 nitrogen and oxygen atoms in total. The van der Waals surface area contributed by atoms with Gasteiger partial charge in [0.1, 0.15) is 18.3 Å². The second-order valence-corrected chi connectivity index (χ2v) is 3.96. The zero-order chi connectivity index (χ0) is 13.3. The second kappa shape index (κ2) is 5.02. The molecule has 1 aromatic rings. The van der Waals surface area contributed by atoms with Gasteiger partial charge in [0.15, 0.2) is 6.23 Å². The molecule has 0 radical (unpaired) electrons. The maximum absolute atomic E-state index is 11.6. The Balaban J connectivity index is 2.38. The van der Waals surface area contributed by atoms with Crippen molar-refractivity contribution >= 4 is 0 Å². The van der Waals surface area contributed by atoms with Gasteiger partial charge in [0, 0.05) is 19.4 Å². The van der Waals surface area contributed by atoms with Crippen molar-refractivity contribution in [1.82, 2.24) is 9.55 Å².